The summed E-state index contributed by atoms with van der Waals surface area (Å²) in [5, 5.41) is 11.0. The zero-order valence-electron chi connectivity index (χ0n) is 13.8. The summed E-state index contributed by atoms with van der Waals surface area (Å²) in [7, 11) is 0. The Morgan fingerprint density at radius 1 is 0.846 bits per heavy atom. The Balaban J connectivity index is 2.07. The fraction of sp³-hybridized carbons (Fsp3) is 0.0455. The Morgan fingerprint density at radius 2 is 1.50 bits per heavy atom. The van der Waals surface area contributed by atoms with Crippen LogP contribution in [0.4, 0.5) is 0 Å². The predicted molar refractivity (Wildman–Crippen MR) is 122 cm³/mol. The highest BCUT2D eigenvalue weighted by atomic mass is 127. The third kappa shape index (κ3) is 4.81. The lowest BCUT2D eigenvalue weighted by Gasteiger charge is -2.16. The first kappa shape index (κ1) is 19.3. The van der Waals surface area contributed by atoms with Crippen molar-refractivity contribution in [2.45, 2.75) is 6.10 Å². The average molecular weight is 566 g/mol. The maximum Gasteiger partial charge on any atom is 0.192 e. The van der Waals surface area contributed by atoms with E-state index in [1.807, 2.05) is 72.8 Å². The fourth-order valence-electron chi connectivity index (χ4n) is 2.65. The Morgan fingerprint density at radius 3 is 2.15 bits per heavy atom. The molecule has 1 N–H and O–H groups in total. The maximum atomic E-state index is 13.2. The second kappa shape index (κ2) is 8.92. The van der Waals surface area contributed by atoms with Crippen molar-refractivity contribution >= 4 is 57.0 Å². The summed E-state index contributed by atoms with van der Waals surface area (Å²) in [4.78, 5) is 13.2. The highest BCUT2D eigenvalue weighted by Gasteiger charge is 2.22. The second-order valence-electron chi connectivity index (χ2n) is 5.81. The smallest absolute Gasteiger partial charge is 0.192 e. The highest BCUT2D eigenvalue weighted by molar-refractivity contribution is 14.1. The third-order valence-corrected chi connectivity index (χ3v) is 5.27. The molecule has 2 nitrogen and oxygen atoms in total. The summed E-state index contributed by atoms with van der Waals surface area (Å²) in [6.07, 6.45) is 0.780. The number of ketones is 1. The number of rotatable bonds is 5. The van der Waals surface area contributed by atoms with E-state index in [1.165, 1.54) is 0 Å². The summed E-state index contributed by atoms with van der Waals surface area (Å²) in [5.41, 5.74) is 2.52. The molecule has 0 bridgehead atoms. The zero-order valence-corrected chi connectivity index (χ0v) is 18.1. The molecule has 0 amide bonds. The molecule has 0 aliphatic carbocycles. The SMILES string of the molecule is O=C(/C(=C\c1ccccc1)C(O)c1cccc(I)c1)c1cccc(I)c1. The van der Waals surface area contributed by atoms with Gasteiger partial charge in [0.2, 0.25) is 0 Å². The van der Waals surface area contributed by atoms with E-state index in [0.717, 1.165) is 12.7 Å². The predicted octanol–water partition coefficient (Wildman–Crippen LogP) is 5.90. The molecule has 130 valence electrons. The van der Waals surface area contributed by atoms with Crippen molar-refractivity contribution in [1.82, 2.24) is 0 Å². The van der Waals surface area contributed by atoms with Crippen molar-refractivity contribution < 1.29 is 9.90 Å². The standard InChI is InChI=1S/C22H16I2O2/c23-18-10-4-8-16(13-18)21(25)20(12-15-6-2-1-3-7-15)22(26)17-9-5-11-19(24)14-17/h1-14,21,25H/b20-12-. The van der Waals surface area contributed by atoms with Crippen molar-refractivity contribution in [2.75, 3.05) is 0 Å². The first-order valence-electron chi connectivity index (χ1n) is 8.05. The van der Waals surface area contributed by atoms with Gasteiger partial charge in [0.15, 0.2) is 5.78 Å². The minimum absolute atomic E-state index is 0.168. The lowest BCUT2D eigenvalue weighted by molar-refractivity contribution is 0.0989. The van der Waals surface area contributed by atoms with E-state index in [0.29, 0.717) is 16.7 Å². The van der Waals surface area contributed by atoms with Gasteiger partial charge < -0.3 is 5.11 Å². The zero-order chi connectivity index (χ0) is 18.5. The van der Waals surface area contributed by atoms with Gasteiger partial charge in [-0.15, -0.1) is 0 Å². The van der Waals surface area contributed by atoms with Crippen molar-refractivity contribution in [3.63, 3.8) is 0 Å². The number of hydrogen-bond donors (Lipinski definition) is 1. The molecule has 3 rings (SSSR count). The minimum Gasteiger partial charge on any atom is -0.384 e. The van der Waals surface area contributed by atoms with Crippen LogP contribution in [-0.4, -0.2) is 10.9 Å². The Hall–Kier alpha value is -1.51. The maximum absolute atomic E-state index is 13.2. The number of carbonyl (C=O) groups excluding carboxylic acids is 1. The molecule has 4 heteroatoms. The van der Waals surface area contributed by atoms with Crippen molar-refractivity contribution in [1.29, 1.82) is 0 Å². The Kier molecular flexibility index (Phi) is 6.61. The number of halogens is 2. The number of benzene rings is 3. The Bertz CT molecular complexity index is 949. The van der Waals surface area contributed by atoms with Gasteiger partial charge in [0, 0.05) is 18.3 Å². The first-order valence-corrected chi connectivity index (χ1v) is 10.2. The van der Waals surface area contributed by atoms with E-state index in [4.69, 9.17) is 0 Å². The fourth-order valence-corrected chi connectivity index (χ4v) is 3.76. The molecule has 3 aromatic carbocycles. The van der Waals surface area contributed by atoms with E-state index in [1.54, 1.807) is 12.1 Å². The van der Waals surface area contributed by atoms with Crippen LogP contribution in [0.5, 0.6) is 0 Å². The van der Waals surface area contributed by atoms with Gasteiger partial charge in [0.05, 0.1) is 0 Å². The first-order chi connectivity index (χ1) is 12.5. The number of aliphatic hydroxyl groups is 1. The van der Waals surface area contributed by atoms with E-state index < -0.39 is 6.10 Å². The van der Waals surface area contributed by atoms with Crippen LogP contribution < -0.4 is 0 Å². The van der Waals surface area contributed by atoms with Crippen LogP contribution in [0, 0.1) is 7.14 Å². The lowest BCUT2D eigenvalue weighted by atomic mass is 9.92. The molecule has 3 aromatic rings. The second-order valence-corrected chi connectivity index (χ2v) is 8.30. The van der Waals surface area contributed by atoms with Crippen LogP contribution in [-0.2, 0) is 0 Å². The molecule has 0 radical (unpaired) electrons. The number of Topliss-reactive ketones (excluding diaryl/α,β-unsaturated/α-hetero) is 1. The van der Waals surface area contributed by atoms with Crippen molar-refractivity contribution in [2.24, 2.45) is 0 Å². The monoisotopic (exact) mass is 566 g/mol. The minimum atomic E-state index is -0.990. The van der Waals surface area contributed by atoms with Gasteiger partial charge in [0.1, 0.15) is 6.10 Å². The molecule has 0 aliphatic heterocycles. The van der Waals surface area contributed by atoms with Gasteiger partial charge in [-0.05, 0) is 86.7 Å². The lowest BCUT2D eigenvalue weighted by Crippen LogP contribution is -2.12. The van der Waals surface area contributed by atoms with E-state index >= 15 is 0 Å². The molecule has 0 saturated carbocycles. The van der Waals surface area contributed by atoms with Crippen LogP contribution in [0.25, 0.3) is 6.08 Å². The number of carbonyl (C=O) groups is 1. The van der Waals surface area contributed by atoms with E-state index in [9.17, 15) is 9.90 Å². The molecular weight excluding hydrogens is 550 g/mol. The Labute approximate surface area is 180 Å². The topological polar surface area (TPSA) is 37.3 Å². The van der Waals surface area contributed by atoms with E-state index in [2.05, 4.69) is 45.2 Å². The molecule has 0 aliphatic rings. The molecule has 26 heavy (non-hydrogen) atoms. The van der Waals surface area contributed by atoms with Gasteiger partial charge in [-0.3, -0.25) is 4.79 Å². The molecule has 1 unspecified atom stereocenters. The van der Waals surface area contributed by atoms with Gasteiger partial charge in [-0.2, -0.15) is 0 Å². The molecule has 0 heterocycles. The van der Waals surface area contributed by atoms with Crippen LogP contribution in [0.3, 0.4) is 0 Å². The molecule has 0 spiro atoms. The van der Waals surface area contributed by atoms with Gasteiger partial charge in [-0.1, -0.05) is 54.6 Å². The molecule has 0 saturated heterocycles. The van der Waals surface area contributed by atoms with Crippen molar-refractivity contribution in [3.8, 4) is 0 Å². The molecule has 0 aromatic heterocycles. The van der Waals surface area contributed by atoms with Crippen LogP contribution in [0.2, 0.25) is 0 Å². The highest BCUT2D eigenvalue weighted by Crippen LogP contribution is 2.28. The molecule has 1 atom stereocenters. The van der Waals surface area contributed by atoms with E-state index in [-0.39, 0.29) is 5.78 Å². The summed E-state index contributed by atoms with van der Waals surface area (Å²) in [6.45, 7) is 0. The van der Waals surface area contributed by atoms with Crippen molar-refractivity contribution in [3.05, 3.63) is 108 Å². The van der Waals surface area contributed by atoms with Gasteiger partial charge in [-0.25, -0.2) is 0 Å². The number of aliphatic hydroxyl groups excluding tert-OH is 1. The average Bonchev–Trinajstić information content (AvgIpc) is 2.66. The van der Waals surface area contributed by atoms with Gasteiger partial charge >= 0.3 is 0 Å². The third-order valence-electron chi connectivity index (χ3n) is 3.93. The summed E-state index contributed by atoms with van der Waals surface area (Å²) >= 11 is 4.39. The summed E-state index contributed by atoms with van der Waals surface area (Å²) in [6, 6.07) is 24.6. The van der Waals surface area contributed by atoms with Gasteiger partial charge in [0.25, 0.3) is 0 Å². The number of hydrogen-bond acceptors (Lipinski definition) is 2. The molecular formula is C22H16I2O2. The summed E-state index contributed by atoms with van der Waals surface area (Å²) in [5.74, 6) is -0.168. The summed E-state index contributed by atoms with van der Waals surface area (Å²) < 4.78 is 2.00. The van der Waals surface area contributed by atoms with Crippen LogP contribution in [0.1, 0.15) is 27.6 Å². The largest absolute Gasteiger partial charge is 0.384 e. The quantitative estimate of drug-likeness (QED) is 0.238. The van der Waals surface area contributed by atoms with Crippen LogP contribution in [0.15, 0.2) is 84.4 Å². The van der Waals surface area contributed by atoms with Crippen LogP contribution >= 0.6 is 45.2 Å². The normalized spacial score (nSPS) is 12.7. The molecule has 0 fully saturated rings.